The molecule has 2 aromatic carbocycles. The van der Waals surface area contributed by atoms with Crippen molar-refractivity contribution in [2.75, 3.05) is 5.32 Å². The number of carbonyl (C=O) groups is 1. The first-order valence-electron chi connectivity index (χ1n) is 8.52. The van der Waals surface area contributed by atoms with Crippen LogP contribution in [0.25, 0.3) is 0 Å². The number of aromatic nitrogens is 2. The van der Waals surface area contributed by atoms with E-state index in [1.807, 2.05) is 50.2 Å². The maximum Gasteiger partial charge on any atom is 0.270 e. The number of anilines is 2. The highest BCUT2D eigenvalue weighted by atomic mass is 16.1. The Hall–Kier alpha value is -3.21. The van der Waals surface area contributed by atoms with E-state index in [1.54, 1.807) is 6.07 Å². The standard InChI is InChI=1S/C21H22N4O/c1-14-8-9-18(16(3)10-14)25-20-11-19(23-13-24-20)21(26)22-12-17-7-5-4-6-15(17)2/h4-11,13H,12H2,1-3H3,(H,22,26)(H,23,24,25). The van der Waals surface area contributed by atoms with Crippen molar-refractivity contribution < 1.29 is 4.79 Å². The van der Waals surface area contributed by atoms with Crippen molar-refractivity contribution in [3.05, 3.63) is 82.8 Å². The van der Waals surface area contributed by atoms with Crippen LogP contribution in [0.4, 0.5) is 11.5 Å². The lowest BCUT2D eigenvalue weighted by Gasteiger charge is -2.11. The van der Waals surface area contributed by atoms with E-state index in [1.165, 1.54) is 11.9 Å². The minimum absolute atomic E-state index is 0.223. The fourth-order valence-electron chi connectivity index (χ4n) is 2.72. The number of hydrogen-bond acceptors (Lipinski definition) is 4. The van der Waals surface area contributed by atoms with E-state index in [4.69, 9.17) is 0 Å². The van der Waals surface area contributed by atoms with Crippen molar-refractivity contribution in [1.82, 2.24) is 15.3 Å². The summed E-state index contributed by atoms with van der Waals surface area (Å²) in [4.78, 5) is 20.7. The molecular formula is C21H22N4O. The van der Waals surface area contributed by atoms with Crippen LogP contribution >= 0.6 is 0 Å². The molecule has 2 N–H and O–H groups in total. The van der Waals surface area contributed by atoms with E-state index in [-0.39, 0.29) is 5.91 Å². The zero-order chi connectivity index (χ0) is 18.5. The average molecular weight is 346 g/mol. The molecule has 3 rings (SSSR count). The van der Waals surface area contributed by atoms with Crippen molar-refractivity contribution >= 4 is 17.4 Å². The molecule has 0 saturated carbocycles. The summed E-state index contributed by atoms with van der Waals surface area (Å²) in [5, 5.41) is 6.16. The lowest BCUT2D eigenvalue weighted by molar-refractivity contribution is 0.0945. The second-order valence-electron chi connectivity index (χ2n) is 6.34. The molecule has 0 fully saturated rings. The van der Waals surface area contributed by atoms with Gasteiger partial charge in [0.25, 0.3) is 5.91 Å². The van der Waals surface area contributed by atoms with Crippen LogP contribution in [0.15, 0.2) is 54.9 Å². The minimum Gasteiger partial charge on any atom is -0.347 e. The highest BCUT2D eigenvalue weighted by Gasteiger charge is 2.10. The van der Waals surface area contributed by atoms with E-state index < -0.39 is 0 Å². The van der Waals surface area contributed by atoms with Crippen LogP contribution < -0.4 is 10.6 Å². The molecule has 1 aromatic heterocycles. The predicted octanol–water partition coefficient (Wildman–Crippen LogP) is 4.08. The SMILES string of the molecule is Cc1ccc(Nc2cc(C(=O)NCc3ccccc3C)ncn2)c(C)c1. The fourth-order valence-corrected chi connectivity index (χ4v) is 2.72. The zero-order valence-corrected chi connectivity index (χ0v) is 15.2. The van der Waals surface area contributed by atoms with Crippen LogP contribution in [0.5, 0.6) is 0 Å². The first-order chi connectivity index (χ1) is 12.5. The van der Waals surface area contributed by atoms with Crippen LogP contribution in [-0.4, -0.2) is 15.9 Å². The Labute approximate surface area is 153 Å². The molecule has 26 heavy (non-hydrogen) atoms. The number of aryl methyl sites for hydroxylation is 3. The zero-order valence-electron chi connectivity index (χ0n) is 15.2. The first-order valence-corrected chi connectivity index (χ1v) is 8.52. The molecule has 0 aliphatic rings. The van der Waals surface area contributed by atoms with Gasteiger partial charge < -0.3 is 10.6 Å². The Morgan fingerprint density at radius 1 is 0.962 bits per heavy atom. The van der Waals surface area contributed by atoms with E-state index in [0.29, 0.717) is 18.1 Å². The van der Waals surface area contributed by atoms with E-state index >= 15 is 0 Å². The molecule has 0 bridgehead atoms. The fraction of sp³-hybridized carbons (Fsp3) is 0.190. The molecule has 3 aromatic rings. The Bertz CT molecular complexity index is 937. The minimum atomic E-state index is -0.223. The summed E-state index contributed by atoms with van der Waals surface area (Å²) in [6.07, 6.45) is 1.40. The van der Waals surface area contributed by atoms with Crippen LogP contribution in [0.2, 0.25) is 0 Å². The quantitative estimate of drug-likeness (QED) is 0.731. The summed E-state index contributed by atoms with van der Waals surface area (Å²) in [7, 11) is 0. The van der Waals surface area contributed by atoms with Gasteiger partial charge in [-0.05, 0) is 43.5 Å². The molecule has 5 heteroatoms. The Kier molecular flexibility index (Phi) is 5.27. The van der Waals surface area contributed by atoms with Gasteiger partial charge in [0.05, 0.1) is 0 Å². The summed E-state index contributed by atoms with van der Waals surface area (Å²) in [6, 6.07) is 15.8. The van der Waals surface area contributed by atoms with Gasteiger partial charge in [-0.1, -0.05) is 42.0 Å². The molecule has 1 amide bonds. The van der Waals surface area contributed by atoms with E-state index in [2.05, 4.69) is 33.6 Å². The summed E-state index contributed by atoms with van der Waals surface area (Å²) in [5.41, 5.74) is 5.85. The second-order valence-corrected chi connectivity index (χ2v) is 6.34. The second kappa shape index (κ2) is 7.78. The molecular weight excluding hydrogens is 324 g/mol. The van der Waals surface area contributed by atoms with Gasteiger partial charge in [0.2, 0.25) is 0 Å². The molecule has 0 spiro atoms. The van der Waals surface area contributed by atoms with E-state index in [0.717, 1.165) is 22.4 Å². The molecule has 0 atom stereocenters. The van der Waals surface area contributed by atoms with Gasteiger partial charge in [0.1, 0.15) is 17.8 Å². The molecule has 0 saturated heterocycles. The average Bonchev–Trinajstić information content (AvgIpc) is 2.63. The van der Waals surface area contributed by atoms with Gasteiger partial charge >= 0.3 is 0 Å². The molecule has 0 radical (unpaired) electrons. The molecule has 0 aliphatic carbocycles. The number of nitrogens with zero attached hydrogens (tertiary/aromatic N) is 2. The summed E-state index contributed by atoms with van der Waals surface area (Å²) >= 11 is 0. The monoisotopic (exact) mass is 346 g/mol. The number of carbonyl (C=O) groups excluding carboxylic acids is 1. The van der Waals surface area contributed by atoms with Crippen LogP contribution in [-0.2, 0) is 6.54 Å². The lowest BCUT2D eigenvalue weighted by atomic mass is 10.1. The molecule has 132 valence electrons. The van der Waals surface area contributed by atoms with Gasteiger partial charge in [0.15, 0.2) is 0 Å². The number of amides is 1. The van der Waals surface area contributed by atoms with Gasteiger partial charge in [0, 0.05) is 18.3 Å². The van der Waals surface area contributed by atoms with Gasteiger partial charge in [-0.15, -0.1) is 0 Å². The van der Waals surface area contributed by atoms with Gasteiger partial charge in [-0.25, -0.2) is 9.97 Å². The first kappa shape index (κ1) is 17.6. The third kappa shape index (κ3) is 4.25. The third-order valence-electron chi connectivity index (χ3n) is 4.25. The van der Waals surface area contributed by atoms with Crippen molar-refractivity contribution in [3.8, 4) is 0 Å². The molecule has 0 unspecified atom stereocenters. The highest BCUT2D eigenvalue weighted by Crippen LogP contribution is 2.20. The summed E-state index contributed by atoms with van der Waals surface area (Å²) in [5.74, 6) is 0.368. The largest absolute Gasteiger partial charge is 0.347 e. The lowest BCUT2D eigenvalue weighted by Crippen LogP contribution is -2.24. The van der Waals surface area contributed by atoms with Crippen molar-refractivity contribution in [2.45, 2.75) is 27.3 Å². The van der Waals surface area contributed by atoms with Crippen molar-refractivity contribution in [2.24, 2.45) is 0 Å². The van der Waals surface area contributed by atoms with Crippen molar-refractivity contribution in [3.63, 3.8) is 0 Å². The van der Waals surface area contributed by atoms with Crippen molar-refractivity contribution in [1.29, 1.82) is 0 Å². The molecule has 1 heterocycles. The molecule has 0 aliphatic heterocycles. The normalized spacial score (nSPS) is 10.4. The van der Waals surface area contributed by atoms with Crippen LogP contribution in [0.1, 0.15) is 32.7 Å². The predicted molar refractivity (Wildman–Crippen MR) is 104 cm³/mol. The summed E-state index contributed by atoms with van der Waals surface area (Å²) < 4.78 is 0. The maximum absolute atomic E-state index is 12.4. The number of benzene rings is 2. The number of nitrogens with one attached hydrogen (secondary N) is 2. The van der Waals surface area contributed by atoms with E-state index in [9.17, 15) is 4.79 Å². The van der Waals surface area contributed by atoms with Gasteiger partial charge in [-0.3, -0.25) is 4.79 Å². The molecule has 5 nitrogen and oxygen atoms in total. The maximum atomic E-state index is 12.4. The Balaban J connectivity index is 1.70. The number of rotatable bonds is 5. The third-order valence-corrected chi connectivity index (χ3v) is 4.25. The van der Waals surface area contributed by atoms with Crippen LogP contribution in [0.3, 0.4) is 0 Å². The smallest absolute Gasteiger partial charge is 0.270 e. The Morgan fingerprint density at radius 3 is 2.54 bits per heavy atom. The van der Waals surface area contributed by atoms with Gasteiger partial charge in [-0.2, -0.15) is 0 Å². The summed E-state index contributed by atoms with van der Waals surface area (Å²) in [6.45, 7) is 6.58. The number of hydrogen-bond donors (Lipinski definition) is 2. The van der Waals surface area contributed by atoms with Crippen LogP contribution in [0, 0.1) is 20.8 Å². The highest BCUT2D eigenvalue weighted by molar-refractivity contribution is 5.93. The topological polar surface area (TPSA) is 66.9 Å². The Morgan fingerprint density at radius 2 is 1.77 bits per heavy atom.